The smallest absolute Gasteiger partial charge is 0.291 e. The van der Waals surface area contributed by atoms with Gasteiger partial charge in [-0.3, -0.25) is 9.59 Å². The van der Waals surface area contributed by atoms with Crippen molar-refractivity contribution in [3.05, 3.63) is 64.4 Å². The fourth-order valence-electron chi connectivity index (χ4n) is 3.01. The van der Waals surface area contributed by atoms with Gasteiger partial charge in [0.05, 0.1) is 30.4 Å². The van der Waals surface area contributed by atoms with E-state index in [2.05, 4.69) is 5.32 Å². The minimum atomic E-state index is -0.349. The van der Waals surface area contributed by atoms with E-state index in [9.17, 15) is 9.59 Å². The first-order valence-corrected chi connectivity index (χ1v) is 10.2. The molecule has 0 aliphatic carbocycles. The average Bonchev–Trinajstić information content (AvgIpc) is 3.41. The molecular weight excluding hydrogens is 404 g/mol. The minimum Gasteiger partial charge on any atom is -0.493 e. The Morgan fingerprint density at radius 2 is 1.90 bits per heavy atom. The van der Waals surface area contributed by atoms with Gasteiger partial charge in [-0.15, -0.1) is 11.3 Å². The molecule has 0 saturated heterocycles. The van der Waals surface area contributed by atoms with E-state index in [0.29, 0.717) is 34.5 Å². The third-order valence-electron chi connectivity index (χ3n) is 4.58. The Kier molecular flexibility index (Phi) is 6.79. The summed E-state index contributed by atoms with van der Waals surface area (Å²) in [6, 6.07) is 10.6. The highest BCUT2D eigenvalue weighted by Gasteiger charge is 2.21. The summed E-state index contributed by atoms with van der Waals surface area (Å²) < 4.78 is 15.7. The first kappa shape index (κ1) is 21.4. The number of hydrogen-bond donors (Lipinski definition) is 1. The van der Waals surface area contributed by atoms with Gasteiger partial charge in [-0.05, 0) is 55.3 Å². The summed E-state index contributed by atoms with van der Waals surface area (Å²) >= 11 is 1.25. The lowest BCUT2D eigenvalue weighted by atomic mass is 10.1. The van der Waals surface area contributed by atoms with Crippen LogP contribution in [0.2, 0.25) is 0 Å². The fraction of sp³-hybridized carbons (Fsp3) is 0.273. The van der Waals surface area contributed by atoms with Crippen LogP contribution in [0.1, 0.15) is 38.3 Å². The zero-order valence-electron chi connectivity index (χ0n) is 17.4. The molecule has 3 rings (SSSR count). The van der Waals surface area contributed by atoms with Crippen molar-refractivity contribution >= 4 is 28.2 Å². The van der Waals surface area contributed by atoms with Crippen LogP contribution in [0.25, 0.3) is 0 Å². The summed E-state index contributed by atoms with van der Waals surface area (Å²) in [5, 5.41) is 3.38. The summed E-state index contributed by atoms with van der Waals surface area (Å²) in [4.78, 5) is 27.7. The van der Waals surface area contributed by atoms with E-state index in [1.165, 1.54) is 17.6 Å². The number of carbonyl (C=O) groups excluding carboxylic acids is 2. The Morgan fingerprint density at radius 3 is 2.53 bits per heavy atom. The third-order valence-corrected chi connectivity index (χ3v) is 5.72. The SMILES string of the molecule is CCN(Cc1ccc(OC)c(OC)c1)C(=O)c1sc(NC(=O)c2ccco2)cc1C. The van der Waals surface area contributed by atoms with Crippen molar-refractivity contribution in [3.8, 4) is 11.5 Å². The van der Waals surface area contributed by atoms with E-state index >= 15 is 0 Å². The molecule has 7 nitrogen and oxygen atoms in total. The van der Waals surface area contributed by atoms with E-state index in [1.807, 2.05) is 32.0 Å². The van der Waals surface area contributed by atoms with Gasteiger partial charge in [0.15, 0.2) is 17.3 Å². The second-order valence-corrected chi connectivity index (χ2v) is 7.62. The number of aryl methyl sites for hydroxylation is 1. The molecule has 0 aliphatic heterocycles. The Labute approximate surface area is 179 Å². The third kappa shape index (κ3) is 4.65. The number of thiophene rings is 1. The maximum absolute atomic E-state index is 13.2. The number of hydrogen-bond acceptors (Lipinski definition) is 6. The van der Waals surface area contributed by atoms with Crippen LogP contribution in [0.4, 0.5) is 5.00 Å². The van der Waals surface area contributed by atoms with Gasteiger partial charge in [0.1, 0.15) is 0 Å². The number of amides is 2. The van der Waals surface area contributed by atoms with Gasteiger partial charge in [0.2, 0.25) is 0 Å². The predicted octanol–water partition coefficient (Wildman–Crippen LogP) is 4.58. The molecule has 0 spiro atoms. The first-order valence-electron chi connectivity index (χ1n) is 9.42. The molecule has 2 heterocycles. The molecule has 0 fully saturated rings. The molecule has 0 aliphatic rings. The normalized spacial score (nSPS) is 10.5. The molecule has 30 heavy (non-hydrogen) atoms. The molecule has 2 amide bonds. The van der Waals surface area contributed by atoms with Gasteiger partial charge in [-0.25, -0.2) is 0 Å². The molecule has 1 N–H and O–H groups in total. The van der Waals surface area contributed by atoms with Crippen molar-refractivity contribution < 1.29 is 23.5 Å². The average molecular weight is 429 g/mol. The minimum absolute atomic E-state index is 0.0896. The number of furan rings is 1. The topological polar surface area (TPSA) is 81.0 Å². The quantitative estimate of drug-likeness (QED) is 0.568. The lowest BCUT2D eigenvalue weighted by Gasteiger charge is -2.21. The molecule has 158 valence electrons. The van der Waals surface area contributed by atoms with Gasteiger partial charge in [-0.1, -0.05) is 6.07 Å². The van der Waals surface area contributed by atoms with Gasteiger partial charge in [-0.2, -0.15) is 0 Å². The molecule has 2 aromatic heterocycles. The Balaban J connectivity index is 1.75. The highest BCUT2D eigenvalue weighted by molar-refractivity contribution is 7.18. The van der Waals surface area contributed by atoms with Crippen LogP contribution < -0.4 is 14.8 Å². The van der Waals surface area contributed by atoms with Crippen LogP contribution in [0.15, 0.2) is 47.1 Å². The molecule has 0 radical (unpaired) electrons. The number of nitrogens with one attached hydrogen (secondary N) is 1. The first-order chi connectivity index (χ1) is 14.5. The maximum Gasteiger partial charge on any atom is 0.291 e. The monoisotopic (exact) mass is 428 g/mol. The van der Waals surface area contributed by atoms with Crippen molar-refractivity contribution in [1.29, 1.82) is 0 Å². The molecule has 0 saturated carbocycles. The number of nitrogens with zero attached hydrogens (tertiary/aromatic N) is 1. The molecule has 0 atom stereocenters. The molecule has 0 bridgehead atoms. The second-order valence-electron chi connectivity index (χ2n) is 6.56. The van der Waals surface area contributed by atoms with Crippen molar-refractivity contribution in [2.24, 2.45) is 0 Å². The van der Waals surface area contributed by atoms with Gasteiger partial charge in [0.25, 0.3) is 11.8 Å². The number of rotatable bonds is 8. The largest absolute Gasteiger partial charge is 0.493 e. The number of anilines is 1. The number of carbonyl (C=O) groups is 2. The van der Waals surface area contributed by atoms with Gasteiger partial charge >= 0.3 is 0 Å². The lowest BCUT2D eigenvalue weighted by molar-refractivity contribution is 0.0756. The molecule has 8 heteroatoms. The Bertz CT molecular complexity index is 1030. The van der Waals surface area contributed by atoms with Crippen molar-refractivity contribution in [3.63, 3.8) is 0 Å². The second kappa shape index (κ2) is 9.49. The summed E-state index contributed by atoms with van der Waals surface area (Å²) in [5.41, 5.74) is 1.74. The van der Waals surface area contributed by atoms with E-state index in [1.54, 1.807) is 37.3 Å². The van der Waals surface area contributed by atoms with Crippen LogP contribution >= 0.6 is 11.3 Å². The summed E-state index contributed by atoms with van der Waals surface area (Å²) in [5.74, 6) is 1.04. The predicted molar refractivity (Wildman–Crippen MR) is 116 cm³/mol. The lowest BCUT2D eigenvalue weighted by Crippen LogP contribution is -2.30. The van der Waals surface area contributed by atoms with Crippen LogP contribution in [-0.4, -0.2) is 37.5 Å². The van der Waals surface area contributed by atoms with Crippen molar-refractivity contribution in [2.45, 2.75) is 20.4 Å². The standard InChI is InChI=1S/C22H24N2O5S/c1-5-24(13-15-8-9-16(27-3)18(12-15)28-4)22(26)20-14(2)11-19(30-20)23-21(25)17-7-6-10-29-17/h6-12H,5,13H2,1-4H3,(H,23,25). The number of ether oxygens (including phenoxy) is 2. The van der Waals surface area contributed by atoms with E-state index in [0.717, 1.165) is 11.1 Å². The van der Waals surface area contributed by atoms with Crippen LogP contribution in [-0.2, 0) is 6.54 Å². The van der Waals surface area contributed by atoms with Crippen molar-refractivity contribution in [1.82, 2.24) is 4.90 Å². The van der Waals surface area contributed by atoms with E-state index < -0.39 is 0 Å². The zero-order chi connectivity index (χ0) is 21.7. The number of benzene rings is 1. The molecule has 0 unspecified atom stereocenters. The molecule has 3 aromatic rings. The summed E-state index contributed by atoms with van der Waals surface area (Å²) in [6.45, 7) is 4.76. The van der Waals surface area contributed by atoms with E-state index in [-0.39, 0.29) is 17.6 Å². The fourth-order valence-corrected chi connectivity index (χ4v) is 4.04. The van der Waals surface area contributed by atoms with Crippen LogP contribution in [0, 0.1) is 6.92 Å². The van der Waals surface area contributed by atoms with E-state index in [4.69, 9.17) is 13.9 Å². The van der Waals surface area contributed by atoms with Crippen LogP contribution in [0.5, 0.6) is 11.5 Å². The van der Waals surface area contributed by atoms with Crippen LogP contribution in [0.3, 0.4) is 0 Å². The highest BCUT2D eigenvalue weighted by atomic mass is 32.1. The highest BCUT2D eigenvalue weighted by Crippen LogP contribution is 2.30. The van der Waals surface area contributed by atoms with Gasteiger partial charge in [0, 0.05) is 13.1 Å². The van der Waals surface area contributed by atoms with Crippen molar-refractivity contribution in [2.75, 3.05) is 26.1 Å². The summed E-state index contributed by atoms with van der Waals surface area (Å²) in [6.07, 6.45) is 1.44. The maximum atomic E-state index is 13.2. The Hall–Kier alpha value is -3.26. The van der Waals surface area contributed by atoms with Gasteiger partial charge < -0.3 is 24.1 Å². The Morgan fingerprint density at radius 1 is 1.13 bits per heavy atom. The molecular formula is C22H24N2O5S. The molecule has 1 aromatic carbocycles. The zero-order valence-corrected chi connectivity index (χ0v) is 18.2. The summed E-state index contributed by atoms with van der Waals surface area (Å²) in [7, 11) is 3.17. The number of methoxy groups -OCH3 is 2.